The highest BCUT2D eigenvalue weighted by Gasteiger charge is 2.29. The van der Waals surface area contributed by atoms with Gasteiger partial charge in [0.2, 0.25) is 0 Å². The van der Waals surface area contributed by atoms with E-state index in [9.17, 15) is 9.59 Å². The van der Waals surface area contributed by atoms with E-state index in [1.807, 2.05) is 18.2 Å². The Morgan fingerprint density at radius 1 is 1.25 bits per heavy atom. The Balaban J connectivity index is 2.09. The summed E-state index contributed by atoms with van der Waals surface area (Å²) in [5, 5.41) is 13.7. The summed E-state index contributed by atoms with van der Waals surface area (Å²) in [4.78, 5) is 22.2. The van der Waals surface area contributed by atoms with Crippen LogP contribution in [0.4, 0.5) is 4.79 Å². The van der Waals surface area contributed by atoms with E-state index in [-0.39, 0.29) is 12.5 Å². The van der Waals surface area contributed by atoms with E-state index in [4.69, 9.17) is 5.11 Å². The van der Waals surface area contributed by atoms with Gasteiger partial charge in [-0.3, -0.25) is 10.1 Å². The molecule has 2 rings (SSSR count). The number of hydrogen-bond acceptors (Lipinski definition) is 3. The molecule has 0 radical (unpaired) electrons. The molecule has 1 aliphatic rings. The molecule has 1 saturated heterocycles. The Morgan fingerprint density at radius 3 is 2.62 bits per heavy atom. The second-order valence-corrected chi connectivity index (χ2v) is 3.70. The average Bonchev–Trinajstić information content (AvgIpc) is 2.58. The smallest absolute Gasteiger partial charge is 0.322 e. The van der Waals surface area contributed by atoms with E-state index < -0.39 is 12.1 Å². The molecule has 0 aliphatic carbocycles. The van der Waals surface area contributed by atoms with Gasteiger partial charge in [0, 0.05) is 6.42 Å². The largest absolute Gasteiger partial charge is 0.392 e. The zero-order chi connectivity index (χ0) is 11.5. The van der Waals surface area contributed by atoms with Crippen LogP contribution >= 0.6 is 0 Å². The highest BCUT2D eigenvalue weighted by atomic mass is 16.3. The molecule has 84 valence electrons. The first-order valence-electron chi connectivity index (χ1n) is 4.99. The van der Waals surface area contributed by atoms with Gasteiger partial charge < -0.3 is 10.4 Å². The minimum Gasteiger partial charge on any atom is -0.392 e. The first-order valence-corrected chi connectivity index (χ1v) is 4.99. The van der Waals surface area contributed by atoms with E-state index >= 15 is 0 Å². The van der Waals surface area contributed by atoms with Crippen molar-refractivity contribution in [1.82, 2.24) is 10.6 Å². The van der Waals surface area contributed by atoms with Crippen molar-refractivity contribution in [3.8, 4) is 0 Å². The summed E-state index contributed by atoms with van der Waals surface area (Å²) < 4.78 is 0. The van der Waals surface area contributed by atoms with Crippen LogP contribution in [0.15, 0.2) is 24.3 Å². The number of imide groups is 1. The van der Waals surface area contributed by atoms with Crippen LogP contribution in [0.25, 0.3) is 0 Å². The fraction of sp³-hybridized carbons (Fsp3) is 0.273. The van der Waals surface area contributed by atoms with Gasteiger partial charge in [0.25, 0.3) is 5.91 Å². The van der Waals surface area contributed by atoms with E-state index in [1.54, 1.807) is 6.07 Å². The summed E-state index contributed by atoms with van der Waals surface area (Å²) >= 11 is 0. The van der Waals surface area contributed by atoms with Gasteiger partial charge in [-0.2, -0.15) is 0 Å². The first-order chi connectivity index (χ1) is 7.69. The second kappa shape index (κ2) is 4.32. The van der Waals surface area contributed by atoms with Crippen LogP contribution in [0.1, 0.15) is 11.1 Å². The zero-order valence-electron chi connectivity index (χ0n) is 8.56. The molecule has 0 spiro atoms. The third-order valence-corrected chi connectivity index (χ3v) is 2.47. The minimum atomic E-state index is -0.513. The number of aliphatic hydroxyl groups is 1. The molecule has 3 N–H and O–H groups in total. The zero-order valence-corrected chi connectivity index (χ0v) is 8.56. The predicted molar refractivity (Wildman–Crippen MR) is 56.5 cm³/mol. The molecule has 0 aromatic heterocycles. The maximum Gasteiger partial charge on any atom is 0.322 e. The summed E-state index contributed by atoms with van der Waals surface area (Å²) in [6.07, 6.45) is 0.436. The number of urea groups is 1. The van der Waals surface area contributed by atoms with Gasteiger partial charge in [-0.15, -0.1) is 0 Å². The van der Waals surface area contributed by atoms with Gasteiger partial charge in [-0.25, -0.2) is 4.79 Å². The third kappa shape index (κ3) is 2.20. The van der Waals surface area contributed by atoms with Crippen molar-refractivity contribution in [3.63, 3.8) is 0 Å². The van der Waals surface area contributed by atoms with Crippen LogP contribution in [-0.4, -0.2) is 23.1 Å². The van der Waals surface area contributed by atoms with Crippen LogP contribution in [0.5, 0.6) is 0 Å². The normalized spacial score (nSPS) is 19.4. The molecule has 0 saturated carbocycles. The number of amides is 3. The molecule has 5 heteroatoms. The highest BCUT2D eigenvalue weighted by Crippen LogP contribution is 2.09. The van der Waals surface area contributed by atoms with Gasteiger partial charge in [0.1, 0.15) is 6.04 Å². The van der Waals surface area contributed by atoms with E-state index in [2.05, 4.69) is 10.6 Å². The molecule has 1 unspecified atom stereocenters. The lowest BCUT2D eigenvalue weighted by atomic mass is 10.0. The quantitative estimate of drug-likeness (QED) is 0.624. The summed E-state index contributed by atoms with van der Waals surface area (Å²) in [6.45, 7) is -0.0307. The molecule has 1 aliphatic heterocycles. The number of nitrogens with one attached hydrogen (secondary N) is 2. The predicted octanol–water partition coefficient (Wildman–Crippen LogP) is -0.0706. The summed E-state index contributed by atoms with van der Waals surface area (Å²) in [7, 11) is 0. The topological polar surface area (TPSA) is 78.4 Å². The van der Waals surface area contributed by atoms with Crippen molar-refractivity contribution < 1.29 is 14.7 Å². The number of carbonyl (C=O) groups is 2. The van der Waals surface area contributed by atoms with Crippen molar-refractivity contribution in [2.24, 2.45) is 0 Å². The van der Waals surface area contributed by atoms with Crippen LogP contribution in [0.3, 0.4) is 0 Å². The number of aliphatic hydroxyl groups excluding tert-OH is 1. The van der Waals surface area contributed by atoms with Crippen molar-refractivity contribution in [3.05, 3.63) is 35.4 Å². The second-order valence-electron chi connectivity index (χ2n) is 3.70. The van der Waals surface area contributed by atoms with Gasteiger partial charge >= 0.3 is 6.03 Å². The Morgan fingerprint density at radius 2 is 2.00 bits per heavy atom. The van der Waals surface area contributed by atoms with Crippen molar-refractivity contribution in [2.45, 2.75) is 19.1 Å². The molecule has 0 bridgehead atoms. The highest BCUT2D eigenvalue weighted by molar-refractivity contribution is 6.04. The summed E-state index contributed by atoms with van der Waals surface area (Å²) in [5.41, 5.74) is 1.70. The number of rotatable bonds is 3. The molecule has 1 fully saturated rings. The summed E-state index contributed by atoms with van der Waals surface area (Å²) in [6, 6.07) is 6.33. The Kier molecular flexibility index (Phi) is 2.87. The molecule has 1 aromatic rings. The van der Waals surface area contributed by atoms with Crippen molar-refractivity contribution in [1.29, 1.82) is 0 Å². The maximum absolute atomic E-state index is 11.3. The summed E-state index contributed by atoms with van der Waals surface area (Å²) in [5.74, 6) is -0.306. The molecular weight excluding hydrogens is 208 g/mol. The van der Waals surface area contributed by atoms with E-state index in [0.717, 1.165) is 11.1 Å². The van der Waals surface area contributed by atoms with Gasteiger partial charge in [0.05, 0.1) is 6.61 Å². The van der Waals surface area contributed by atoms with Gasteiger partial charge in [0.15, 0.2) is 0 Å². The Hall–Kier alpha value is -1.88. The molecule has 5 nitrogen and oxygen atoms in total. The van der Waals surface area contributed by atoms with Gasteiger partial charge in [-0.05, 0) is 11.1 Å². The lowest BCUT2D eigenvalue weighted by Gasteiger charge is -2.07. The molecule has 1 atom stereocenters. The molecular formula is C11H12N2O3. The average molecular weight is 220 g/mol. The van der Waals surface area contributed by atoms with Crippen molar-refractivity contribution >= 4 is 11.9 Å². The fourth-order valence-electron chi connectivity index (χ4n) is 1.69. The van der Waals surface area contributed by atoms with E-state index in [0.29, 0.717) is 6.42 Å². The SMILES string of the molecule is O=C1NC(=O)C(Cc2cccc(CO)c2)N1. The molecule has 1 aromatic carbocycles. The third-order valence-electron chi connectivity index (χ3n) is 2.47. The first kappa shape index (κ1) is 10.6. The maximum atomic E-state index is 11.3. The van der Waals surface area contributed by atoms with Crippen LogP contribution in [0.2, 0.25) is 0 Å². The Labute approximate surface area is 92.5 Å². The monoisotopic (exact) mass is 220 g/mol. The molecule has 1 heterocycles. The fourth-order valence-corrected chi connectivity index (χ4v) is 1.69. The van der Waals surface area contributed by atoms with Crippen molar-refractivity contribution in [2.75, 3.05) is 0 Å². The lowest BCUT2D eigenvalue weighted by molar-refractivity contribution is -0.120. The lowest BCUT2D eigenvalue weighted by Crippen LogP contribution is -2.31. The van der Waals surface area contributed by atoms with Crippen LogP contribution < -0.4 is 10.6 Å². The molecule has 16 heavy (non-hydrogen) atoms. The Bertz CT molecular complexity index is 431. The minimum absolute atomic E-state index is 0.0307. The van der Waals surface area contributed by atoms with Gasteiger partial charge in [-0.1, -0.05) is 24.3 Å². The standard InChI is InChI=1S/C11H12N2O3/c14-6-8-3-1-2-7(4-8)5-9-10(15)13-11(16)12-9/h1-4,9,14H,5-6H2,(H2,12,13,15,16). The van der Waals surface area contributed by atoms with Crippen LogP contribution in [0, 0.1) is 0 Å². The number of benzene rings is 1. The van der Waals surface area contributed by atoms with Crippen LogP contribution in [-0.2, 0) is 17.8 Å². The number of hydrogen-bond donors (Lipinski definition) is 3. The van der Waals surface area contributed by atoms with E-state index in [1.165, 1.54) is 0 Å². The molecule has 3 amide bonds. The number of carbonyl (C=O) groups excluding carboxylic acids is 2.